The molecule has 1 fully saturated rings. The summed E-state index contributed by atoms with van der Waals surface area (Å²) in [5.41, 5.74) is 4.88. The summed E-state index contributed by atoms with van der Waals surface area (Å²) in [5.74, 6) is 1.31. The highest BCUT2D eigenvalue weighted by atomic mass is 32.1. The minimum absolute atomic E-state index is 0.0513. The maximum atomic E-state index is 12.4. The number of carbonyl (C=O) groups is 2. The van der Waals surface area contributed by atoms with Gasteiger partial charge in [0.15, 0.2) is 0 Å². The Kier molecular flexibility index (Phi) is 6.59. The Morgan fingerprint density at radius 1 is 1.29 bits per heavy atom. The molecule has 2 N–H and O–H groups in total. The van der Waals surface area contributed by atoms with Crippen molar-refractivity contribution < 1.29 is 19.1 Å². The van der Waals surface area contributed by atoms with E-state index in [4.69, 9.17) is 9.47 Å². The first-order valence-electron chi connectivity index (χ1n) is 11.8. The molecule has 1 unspecified atom stereocenters. The summed E-state index contributed by atoms with van der Waals surface area (Å²) in [6, 6.07) is 12.0. The van der Waals surface area contributed by atoms with Gasteiger partial charge in [0.1, 0.15) is 22.5 Å². The van der Waals surface area contributed by atoms with Gasteiger partial charge in [-0.25, -0.2) is 9.78 Å². The standard InChI is InChI=1S/C26H28N4O4S/c1-16-4-3-5-17(2)23(16)21-8-6-18-14-19(7-9-20(18)34-21)33-26-29-15-22(35-26)24(31)27-10-12-30-13-11-28-25(30)32/h3-5,7,9,14-15,21H,6,8,10-13H2,1-2H3,(H,27,31)(H,28,32). The second-order valence-electron chi connectivity index (χ2n) is 8.79. The van der Waals surface area contributed by atoms with Crippen LogP contribution in [0.15, 0.2) is 42.6 Å². The fourth-order valence-electron chi connectivity index (χ4n) is 4.59. The van der Waals surface area contributed by atoms with E-state index in [1.807, 2.05) is 18.2 Å². The number of benzene rings is 2. The molecule has 8 nitrogen and oxygen atoms in total. The first-order valence-corrected chi connectivity index (χ1v) is 12.6. The molecule has 182 valence electrons. The minimum atomic E-state index is -0.228. The van der Waals surface area contributed by atoms with Crippen LogP contribution in [0.4, 0.5) is 4.79 Å². The molecule has 3 aromatic rings. The molecule has 2 aliphatic heterocycles. The van der Waals surface area contributed by atoms with E-state index in [9.17, 15) is 9.59 Å². The summed E-state index contributed by atoms with van der Waals surface area (Å²) in [6.45, 7) is 6.42. The summed E-state index contributed by atoms with van der Waals surface area (Å²) < 4.78 is 12.3. The fourth-order valence-corrected chi connectivity index (χ4v) is 5.30. The number of urea groups is 1. The van der Waals surface area contributed by atoms with E-state index in [2.05, 4.69) is 47.7 Å². The number of rotatable bonds is 7. The number of fused-ring (bicyclic) bond motifs is 1. The van der Waals surface area contributed by atoms with Gasteiger partial charge >= 0.3 is 6.03 Å². The van der Waals surface area contributed by atoms with Crippen molar-refractivity contribution >= 4 is 23.3 Å². The molecule has 35 heavy (non-hydrogen) atoms. The molecule has 2 aliphatic rings. The fraction of sp³-hybridized carbons (Fsp3) is 0.346. The van der Waals surface area contributed by atoms with Gasteiger partial charge in [0, 0.05) is 26.2 Å². The molecule has 0 radical (unpaired) electrons. The Bertz CT molecular complexity index is 1240. The van der Waals surface area contributed by atoms with E-state index in [-0.39, 0.29) is 18.0 Å². The van der Waals surface area contributed by atoms with Gasteiger partial charge in [0.05, 0.1) is 6.20 Å². The highest BCUT2D eigenvalue weighted by Gasteiger charge is 2.25. The van der Waals surface area contributed by atoms with Crippen LogP contribution in [0.25, 0.3) is 0 Å². The smallest absolute Gasteiger partial charge is 0.317 e. The molecular formula is C26H28N4O4S. The van der Waals surface area contributed by atoms with Crippen LogP contribution in [0.2, 0.25) is 0 Å². The van der Waals surface area contributed by atoms with Crippen LogP contribution in [0.1, 0.15) is 44.5 Å². The Hall–Kier alpha value is -3.59. The second kappa shape index (κ2) is 9.95. The molecule has 0 spiro atoms. The molecule has 1 atom stereocenters. The van der Waals surface area contributed by atoms with Gasteiger partial charge in [0.2, 0.25) is 0 Å². The zero-order valence-electron chi connectivity index (χ0n) is 19.8. The third-order valence-electron chi connectivity index (χ3n) is 6.37. The molecule has 0 aliphatic carbocycles. The van der Waals surface area contributed by atoms with Crippen LogP contribution >= 0.6 is 11.3 Å². The molecule has 1 aromatic heterocycles. The van der Waals surface area contributed by atoms with Crippen LogP contribution in [0, 0.1) is 13.8 Å². The summed E-state index contributed by atoms with van der Waals surface area (Å²) in [5, 5.41) is 5.97. The Morgan fingerprint density at radius 2 is 2.11 bits per heavy atom. The number of amides is 3. The molecule has 0 bridgehead atoms. The van der Waals surface area contributed by atoms with Gasteiger partial charge in [-0.2, -0.15) is 0 Å². The number of ether oxygens (including phenoxy) is 2. The van der Waals surface area contributed by atoms with Crippen LogP contribution in [-0.4, -0.2) is 48.0 Å². The monoisotopic (exact) mass is 492 g/mol. The zero-order valence-corrected chi connectivity index (χ0v) is 20.6. The first kappa shape index (κ1) is 23.2. The lowest BCUT2D eigenvalue weighted by Crippen LogP contribution is -2.36. The van der Waals surface area contributed by atoms with Crippen LogP contribution < -0.4 is 20.1 Å². The quantitative estimate of drug-likeness (QED) is 0.511. The number of aromatic nitrogens is 1. The Morgan fingerprint density at radius 3 is 2.89 bits per heavy atom. The molecular weight excluding hydrogens is 464 g/mol. The average Bonchev–Trinajstić information content (AvgIpc) is 3.48. The largest absolute Gasteiger partial charge is 0.485 e. The van der Waals surface area contributed by atoms with Gasteiger partial charge < -0.3 is 25.0 Å². The SMILES string of the molecule is Cc1cccc(C)c1C1CCc2cc(Oc3ncc(C(=O)NCCN4CCNC4=O)s3)ccc2O1. The maximum absolute atomic E-state index is 12.4. The van der Waals surface area contributed by atoms with Crippen molar-refractivity contribution in [2.75, 3.05) is 26.2 Å². The van der Waals surface area contributed by atoms with Crippen LogP contribution in [0.3, 0.4) is 0 Å². The van der Waals surface area contributed by atoms with Crippen molar-refractivity contribution in [1.82, 2.24) is 20.5 Å². The van der Waals surface area contributed by atoms with Crippen molar-refractivity contribution in [1.29, 1.82) is 0 Å². The first-order chi connectivity index (χ1) is 17.0. The van der Waals surface area contributed by atoms with Gasteiger partial charge in [-0.1, -0.05) is 29.5 Å². The van der Waals surface area contributed by atoms with Crippen molar-refractivity contribution in [2.45, 2.75) is 32.8 Å². The van der Waals surface area contributed by atoms with E-state index in [1.165, 1.54) is 34.2 Å². The molecule has 0 saturated carbocycles. The maximum Gasteiger partial charge on any atom is 0.317 e. The predicted molar refractivity (Wildman–Crippen MR) is 134 cm³/mol. The lowest BCUT2D eigenvalue weighted by atomic mass is 9.92. The van der Waals surface area contributed by atoms with Crippen molar-refractivity contribution in [3.05, 3.63) is 69.7 Å². The normalized spacial score (nSPS) is 16.9. The molecule has 2 aromatic carbocycles. The highest BCUT2D eigenvalue weighted by molar-refractivity contribution is 7.15. The summed E-state index contributed by atoms with van der Waals surface area (Å²) in [6.07, 6.45) is 3.36. The van der Waals surface area contributed by atoms with Gasteiger partial charge in [-0.05, 0) is 67.1 Å². The summed E-state index contributed by atoms with van der Waals surface area (Å²) in [4.78, 5) is 30.4. The number of aryl methyl sites for hydroxylation is 3. The number of hydrogen-bond acceptors (Lipinski definition) is 6. The Labute approximate surface area is 208 Å². The topological polar surface area (TPSA) is 92.8 Å². The average molecular weight is 493 g/mol. The van der Waals surface area contributed by atoms with Gasteiger partial charge in [0.25, 0.3) is 11.1 Å². The molecule has 1 saturated heterocycles. The van der Waals surface area contributed by atoms with E-state index in [0.29, 0.717) is 42.0 Å². The number of hydrogen-bond donors (Lipinski definition) is 2. The number of nitrogens with zero attached hydrogens (tertiary/aromatic N) is 2. The summed E-state index contributed by atoms with van der Waals surface area (Å²) >= 11 is 1.19. The third kappa shape index (κ3) is 5.09. The van der Waals surface area contributed by atoms with E-state index < -0.39 is 0 Å². The number of thiazole rings is 1. The lowest BCUT2D eigenvalue weighted by Gasteiger charge is -2.28. The van der Waals surface area contributed by atoms with E-state index in [0.717, 1.165) is 24.2 Å². The number of carbonyl (C=O) groups excluding carboxylic acids is 2. The third-order valence-corrected chi connectivity index (χ3v) is 7.24. The molecule has 3 heterocycles. The van der Waals surface area contributed by atoms with Crippen molar-refractivity contribution in [2.24, 2.45) is 0 Å². The van der Waals surface area contributed by atoms with E-state index in [1.54, 1.807) is 4.90 Å². The number of nitrogens with one attached hydrogen (secondary N) is 2. The van der Waals surface area contributed by atoms with Gasteiger partial charge in [-0.15, -0.1) is 0 Å². The minimum Gasteiger partial charge on any atom is -0.485 e. The van der Waals surface area contributed by atoms with Crippen molar-refractivity contribution in [3.8, 4) is 16.7 Å². The zero-order chi connectivity index (χ0) is 24.4. The van der Waals surface area contributed by atoms with Crippen molar-refractivity contribution in [3.63, 3.8) is 0 Å². The lowest BCUT2D eigenvalue weighted by molar-refractivity contribution is 0.0954. The predicted octanol–water partition coefficient (Wildman–Crippen LogP) is 4.37. The second-order valence-corrected chi connectivity index (χ2v) is 9.78. The van der Waals surface area contributed by atoms with Crippen LogP contribution in [-0.2, 0) is 6.42 Å². The van der Waals surface area contributed by atoms with E-state index >= 15 is 0 Å². The molecule has 9 heteroatoms. The highest BCUT2D eigenvalue weighted by Crippen LogP contribution is 2.39. The molecule has 5 rings (SSSR count). The summed E-state index contributed by atoms with van der Waals surface area (Å²) in [7, 11) is 0. The molecule has 3 amide bonds. The van der Waals surface area contributed by atoms with Crippen LogP contribution in [0.5, 0.6) is 16.7 Å². The van der Waals surface area contributed by atoms with Gasteiger partial charge in [-0.3, -0.25) is 4.79 Å². The Balaban J connectivity index is 1.18.